The SMILES string of the molecule is CC(C)(O)c1cnc(-c2ccc(Cl)cc2)s1. The Kier molecular flexibility index (Phi) is 3.02. The molecule has 0 spiro atoms. The zero-order valence-electron chi connectivity index (χ0n) is 9.07. The van der Waals surface area contributed by atoms with E-state index in [9.17, 15) is 5.11 Å². The minimum atomic E-state index is -0.831. The number of nitrogens with zero attached hydrogens (tertiary/aromatic N) is 1. The number of aliphatic hydroxyl groups is 1. The highest BCUT2D eigenvalue weighted by molar-refractivity contribution is 7.15. The Morgan fingerprint density at radius 3 is 2.38 bits per heavy atom. The van der Waals surface area contributed by atoms with E-state index in [0.29, 0.717) is 5.02 Å². The molecule has 0 radical (unpaired) electrons. The van der Waals surface area contributed by atoms with E-state index in [0.717, 1.165) is 15.4 Å². The third kappa shape index (κ3) is 2.43. The Morgan fingerprint density at radius 2 is 1.88 bits per heavy atom. The van der Waals surface area contributed by atoms with Crippen LogP contribution in [0.15, 0.2) is 30.5 Å². The number of hydrogen-bond donors (Lipinski definition) is 1. The van der Waals surface area contributed by atoms with Gasteiger partial charge in [0.15, 0.2) is 0 Å². The third-order valence-corrected chi connectivity index (χ3v) is 3.81. The first kappa shape index (κ1) is 11.6. The summed E-state index contributed by atoms with van der Waals surface area (Å²) in [6.07, 6.45) is 1.72. The second-order valence-corrected chi connectivity index (χ2v) is 5.56. The fourth-order valence-corrected chi connectivity index (χ4v) is 2.33. The topological polar surface area (TPSA) is 33.1 Å². The van der Waals surface area contributed by atoms with E-state index in [2.05, 4.69) is 4.98 Å². The predicted octanol–water partition coefficient (Wildman–Crippen LogP) is 3.69. The summed E-state index contributed by atoms with van der Waals surface area (Å²) in [7, 11) is 0. The van der Waals surface area contributed by atoms with E-state index >= 15 is 0 Å². The molecule has 0 aliphatic heterocycles. The van der Waals surface area contributed by atoms with Gasteiger partial charge in [-0.1, -0.05) is 23.7 Å². The van der Waals surface area contributed by atoms with Crippen LogP contribution in [0.1, 0.15) is 18.7 Å². The van der Waals surface area contributed by atoms with E-state index in [-0.39, 0.29) is 0 Å². The highest BCUT2D eigenvalue weighted by Crippen LogP contribution is 2.31. The first-order valence-electron chi connectivity index (χ1n) is 4.91. The van der Waals surface area contributed by atoms with E-state index in [1.165, 1.54) is 11.3 Å². The second-order valence-electron chi connectivity index (χ2n) is 4.10. The van der Waals surface area contributed by atoms with Crippen LogP contribution in [0, 0.1) is 0 Å². The normalized spacial score (nSPS) is 11.8. The van der Waals surface area contributed by atoms with Crippen molar-refractivity contribution in [1.29, 1.82) is 0 Å². The number of benzene rings is 1. The molecule has 1 aromatic heterocycles. The Morgan fingerprint density at radius 1 is 1.25 bits per heavy atom. The lowest BCUT2D eigenvalue weighted by Crippen LogP contribution is -2.12. The molecule has 0 amide bonds. The molecule has 2 rings (SSSR count). The third-order valence-electron chi connectivity index (χ3n) is 2.20. The summed E-state index contributed by atoms with van der Waals surface area (Å²) < 4.78 is 0. The predicted molar refractivity (Wildman–Crippen MR) is 67.8 cm³/mol. The first-order valence-corrected chi connectivity index (χ1v) is 6.11. The average molecular weight is 254 g/mol. The fourth-order valence-electron chi connectivity index (χ4n) is 1.28. The molecule has 0 aliphatic rings. The molecule has 4 heteroatoms. The number of hydrogen-bond acceptors (Lipinski definition) is 3. The second kappa shape index (κ2) is 4.17. The van der Waals surface area contributed by atoms with E-state index in [4.69, 9.17) is 11.6 Å². The van der Waals surface area contributed by atoms with Gasteiger partial charge in [0.2, 0.25) is 0 Å². The lowest BCUT2D eigenvalue weighted by molar-refractivity contribution is 0.0823. The average Bonchev–Trinajstić information content (AvgIpc) is 2.67. The standard InChI is InChI=1S/C12H12ClNOS/c1-12(2,15)10-7-14-11(16-10)8-3-5-9(13)6-4-8/h3-7,15H,1-2H3. The van der Waals surface area contributed by atoms with E-state index < -0.39 is 5.60 Å². The van der Waals surface area contributed by atoms with Gasteiger partial charge in [0.25, 0.3) is 0 Å². The molecule has 1 aromatic carbocycles. The summed E-state index contributed by atoms with van der Waals surface area (Å²) in [5, 5.41) is 11.5. The molecule has 0 atom stereocenters. The minimum Gasteiger partial charge on any atom is -0.385 e. The zero-order chi connectivity index (χ0) is 11.8. The van der Waals surface area contributed by atoms with Gasteiger partial charge in [0.05, 0.1) is 10.5 Å². The lowest BCUT2D eigenvalue weighted by Gasteiger charge is -2.13. The number of halogens is 1. The number of aromatic nitrogens is 1. The zero-order valence-corrected chi connectivity index (χ0v) is 10.6. The van der Waals surface area contributed by atoms with Gasteiger partial charge in [0.1, 0.15) is 5.01 Å². The van der Waals surface area contributed by atoms with Crippen LogP contribution in [0.25, 0.3) is 10.6 Å². The van der Waals surface area contributed by atoms with Crippen LogP contribution >= 0.6 is 22.9 Å². The molecule has 0 saturated carbocycles. The molecule has 0 fully saturated rings. The molecule has 84 valence electrons. The molecule has 0 bridgehead atoms. The van der Waals surface area contributed by atoms with Gasteiger partial charge >= 0.3 is 0 Å². The molecule has 1 N–H and O–H groups in total. The lowest BCUT2D eigenvalue weighted by atomic mass is 10.1. The molecule has 1 heterocycles. The summed E-state index contributed by atoms with van der Waals surface area (Å²) >= 11 is 7.31. The van der Waals surface area contributed by atoms with Crippen LogP contribution in [0.2, 0.25) is 5.02 Å². The maximum atomic E-state index is 9.84. The monoisotopic (exact) mass is 253 g/mol. The van der Waals surface area contributed by atoms with Crippen molar-refractivity contribution in [3.63, 3.8) is 0 Å². The molecule has 0 aliphatic carbocycles. The molecule has 2 aromatic rings. The van der Waals surface area contributed by atoms with Crippen molar-refractivity contribution >= 4 is 22.9 Å². The van der Waals surface area contributed by atoms with Gasteiger partial charge < -0.3 is 5.11 Å². The van der Waals surface area contributed by atoms with Crippen molar-refractivity contribution in [1.82, 2.24) is 4.98 Å². The quantitative estimate of drug-likeness (QED) is 0.886. The molecule has 0 saturated heterocycles. The van der Waals surface area contributed by atoms with Gasteiger partial charge in [-0.2, -0.15) is 0 Å². The van der Waals surface area contributed by atoms with Gasteiger partial charge in [-0.05, 0) is 26.0 Å². The van der Waals surface area contributed by atoms with Crippen LogP contribution in [0.4, 0.5) is 0 Å². The summed E-state index contributed by atoms with van der Waals surface area (Å²) in [5.74, 6) is 0. The molecule has 0 unspecified atom stereocenters. The van der Waals surface area contributed by atoms with Crippen molar-refractivity contribution in [2.24, 2.45) is 0 Å². The minimum absolute atomic E-state index is 0.711. The van der Waals surface area contributed by atoms with Crippen molar-refractivity contribution in [2.45, 2.75) is 19.4 Å². The Bertz CT molecular complexity index is 484. The van der Waals surface area contributed by atoms with Gasteiger partial charge in [-0.15, -0.1) is 11.3 Å². The molecule has 16 heavy (non-hydrogen) atoms. The highest BCUT2D eigenvalue weighted by atomic mass is 35.5. The summed E-state index contributed by atoms with van der Waals surface area (Å²) in [6, 6.07) is 7.52. The number of rotatable bonds is 2. The van der Waals surface area contributed by atoms with Crippen LogP contribution in [0.3, 0.4) is 0 Å². The molecular weight excluding hydrogens is 242 g/mol. The highest BCUT2D eigenvalue weighted by Gasteiger charge is 2.19. The van der Waals surface area contributed by atoms with E-state index in [1.54, 1.807) is 20.0 Å². The fraction of sp³-hybridized carbons (Fsp3) is 0.250. The van der Waals surface area contributed by atoms with Gasteiger partial charge in [-0.3, -0.25) is 0 Å². The Labute approximate surface area is 104 Å². The molecule has 2 nitrogen and oxygen atoms in total. The van der Waals surface area contributed by atoms with Gasteiger partial charge in [-0.25, -0.2) is 4.98 Å². The number of thiazole rings is 1. The maximum absolute atomic E-state index is 9.84. The van der Waals surface area contributed by atoms with Gasteiger partial charge in [0, 0.05) is 16.8 Å². The van der Waals surface area contributed by atoms with Crippen LogP contribution < -0.4 is 0 Å². The summed E-state index contributed by atoms with van der Waals surface area (Å²) in [6.45, 7) is 3.51. The van der Waals surface area contributed by atoms with Crippen LogP contribution in [-0.4, -0.2) is 10.1 Å². The van der Waals surface area contributed by atoms with Crippen molar-refractivity contribution < 1.29 is 5.11 Å². The summed E-state index contributed by atoms with van der Waals surface area (Å²) in [4.78, 5) is 5.16. The largest absolute Gasteiger partial charge is 0.385 e. The smallest absolute Gasteiger partial charge is 0.123 e. The summed E-state index contributed by atoms with van der Waals surface area (Å²) in [5.41, 5.74) is 0.187. The van der Waals surface area contributed by atoms with Crippen molar-refractivity contribution in [2.75, 3.05) is 0 Å². The van der Waals surface area contributed by atoms with E-state index in [1.807, 2.05) is 24.3 Å². The maximum Gasteiger partial charge on any atom is 0.123 e. The molecular formula is C12H12ClNOS. The van der Waals surface area contributed by atoms with Crippen LogP contribution in [-0.2, 0) is 5.60 Å². The van der Waals surface area contributed by atoms with Crippen LogP contribution in [0.5, 0.6) is 0 Å². The Balaban J connectivity index is 2.35. The Hall–Kier alpha value is -0.900. The van der Waals surface area contributed by atoms with Crippen molar-refractivity contribution in [3.8, 4) is 10.6 Å². The van der Waals surface area contributed by atoms with Crippen molar-refractivity contribution in [3.05, 3.63) is 40.4 Å². The first-order chi connectivity index (χ1) is 7.47.